The molecule has 1 aromatic heterocycles. The van der Waals surface area contributed by atoms with Crippen LogP contribution in [0.2, 0.25) is 0 Å². The fourth-order valence-corrected chi connectivity index (χ4v) is 3.98. The van der Waals surface area contributed by atoms with E-state index in [1.165, 1.54) is 18.0 Å². The minimum absolute atomic E-state index is 0.0546. The van der Waals surface area contributed by atoms with E-state index in [1.54, 1.807) is 0 Å². The normalized spacial score (nSPS) is 20.0. The molecule has 148 valence electrons. The van der Waals surface area contributed by atoms with Crippen molar-refractivity contribution >= 4 is 9.84 Å². The van der Waals surface area contributed by atoms with E-state index < -0.39 is 9.84 Å². The average Bonchev–Trinajstić information content (AvgIpc) is 3.04. The lowest BCUT2D eigenvalue weighted by Gasteiger charge is -2.21. The van der Waals surface area contributed by atoms with Crippen LogP contribution in [-0.2, 0) is 16.3 Å². The third-order valence-electron chi connectivity index (χ3n) is 4.99. The van der Waals surface area contributed by atoms with Crippen LogP contribution in [0.3, 0.4) is 0 Å². The Morgan fingerprint density at radius 1 is 1.32 bits per heavy atom. The molecular formula is C20H24N4O3S. The van der Waals surface area contributed by atoms with Crippen LogP contribution in [0.15, 0.2) is 41.7 Å². The molecule has 2 heterocycles. The molecule has 3 rings (SSSR count). The molecule has 0 amide bonds. The van der Waals surface area contributed by atoms with Gasteiger partial charge in [-0.1, -0.05) is 12.1 Å². The van der Waals surface area contributed by atoms with Crippen molar-refractivity contribution in [3.8, 4) is 11.9 Å². The standard InChI is InChI=1S/C20H24N4O3S/c1-15-8-18(14-27-19-11-23-20(12-22-19)28(2,25)26)13-24(15)7-6-16-4-3-5-17(9-16)10-21/h3-5,9,11-12,15,18H,6-8,13-14H2,1-2H3. The molecule has 1 fully saturated rings. The van der Waals surface area contributed by atoms with E-state index in [0.717, 1.165) is 32.2 Å². The van der Waals surface area contributed by atoms with Gasteiger partial charge in [-0.05, 0) is 37.5 Å². The summed E-state index contributed by atoms with van der Waals surface area (Å²) in [4.78, 5) is 10.4. The minimum Gasteiger partial charge on any atom is -0.476 e. The lowest BCUT2D eigenvalue weighted by molar-refractivity contribution is 0.228. The van der Waals surface area contributed by atoms with Crippen LogP contribution >= 0.6 is 0 Å². The smallest absolute Gasteiger partial charge is 0.232 e. The maximum Gasteiger partial charge on any atom is 0.232 e. The Labute approximate surface area is 165 Å². The monoisotopic (exact) mass is 400 g/mol. The molecule has 7 nitrogen and oxygen atoms in total. The van der Waals surface area contributed by atoms with Crippen molar-refractivity contribution in [3.05, 3.63) is 47.8 Å². The highest BCUT2D eigenvalue weighted by Gasteiger charge is 2.29. The fourth-order valence-electron chi connectivity index (χ4n) is 3.49. The van der Waals surface area contributed by atoms with Crippen molar-refractivity contribution in [1.82, 2.24) is 14.9 Å². The van der Waals surface area contributed by atoms with Crippen LogP contribution in [0.1, 0.15) is 24.5 Å². The van der Waals surface area contributed by atoms with Crippen LogP contribution in [0, 0.1) is 17.2 Å². The average molecular weight is 401 g/mol. The maximum atomic E-state index is 11.4. The van der Waals surface area contributed by atoms with Gasteiger partial charge in [-0.15, -0.1) is 0 Å². The van der Waals surface area contributed by atoms with Crippen LogP contribution in [0.4, 0.5) is 0 Å². The molecule has 1 aromatic carbocycles. The van der Waals surface area contributed by atoms with Crippen LogP contribution in [0.25, 0.3) is 0 Å². The van der Waals surface area contributed by atoms with E-state index >= 15 is 0 Å². The highest BCUT2D eigenvalue weighted by atomic mass is 32.2. The number of sulfone groups is 1. The molecule has 0 saturated carbocycles. The van der Waals surface area contributed by atoms with Crippen LogP contribution in [0.5, 0.6) is 5.88 Å². The molecule has 2 unspecified atom stereocenters. The number of hydrogen-bond acceptors (Lipinski definition) is 7. The SMILES string of the molecule is CC1CC(COc2cnc(S(C)(=O)=O)cn2)CN1CCc1cccc(C#N)c1. The molecule has 0 aliphatic carbocycles. The second-order valence-corrected chi connectivity index (χ2v) is 9.25. The highest BCUT2D eigenvalue weighted by Crippen LogP contribution is 2.24. The molecule has 1 saturated heterocycles. The summed E-state index contributed by atoms with van der Waals surface area (Å²) in [6.45, 7) is 4.62. The first-order valence-electron chi connectivity index (χ1n) is 9.23. The van der Waals surface area contributed by atoms with E-state index in [4.69, 9.17) is 10.00 Å². The number of rotatable bonds is 7. The van der Waals surface area contributed by atoms with Crippen molar-refractivity contribution in [2.45, 2.75) is 30.8 Å². The number of nitriles is 1. The summed E-state index contributed by atoms with van der Waals surface area (Å²) in [7, 11) is -3.35. The molecule has 1 aliphatic rings. The quantitative estimate of drug-likeness (QED) is 0.702. The number of ether oxygens (including phenoxy) is 1. The topological polar surface area (TPSA) is 96.2 Å². The number of benzene rings is 1. The van der Waals surface area contributed by atoms with Gasteiger partial charge in [-0.25, -0.2) is 18.4 Å². The molecule has 0 N–H and O–H groups in total. The molecule has 8 heteroatoms. The molecule has 28 heavy (non-hydrogen) atoms. The van der Waals surface area contributed by atoms with Gasteiger partial charge in [0, 0.05) is 31.3 Å². The predicted molar refractivity (Wildman–Crippen MR) is 105 cm³/mol. The summed E-state index contributed by atoms with van der Waals surface area (Å²) in [5, 5.41) is 8.96. The van der Waals surface area contributed by atoms with E-state index in [-0.39, 0.29) is 5.03 Å². The van der Waals surface area contributed by atoms with Gasteiger partial charge in [-0.3, -0.25) is 4.90 Å². The number of nitrogens with zero attached hydrogens (tertiary/aromatic N) is 4. The van der Waals surface area contributed by atoms with Crippen molar-refractivity contribution in [2.24, 2.45) is 5.92 Å². The van der Waals surface area contributed by atoms with Crippen molar-refractivity contribution in [3.63, 3.8) is 0 Å². The largest absolute Gasteiger partial charge is 0.476 e. The summed E-state index contributed by atoms with van der Waals surface area (Å²) in [6, 6.07) is 10.4. The Kier molecular flexibility index (Phi) is 6.27. The lowest BCUT2D eigenvalue weighted by atomic mass is 10.1. The Balaban J connectivity index is 1.49. The zero-order chi connectivity index (χ0) is 20.1. The first-order chi connectivity index (χ1) is 13.3. The number of likely N-dealkylation sites (tertiary alicyclic amines) is 1. The molecular weight excluding hydrogens is 376 g/mol. The Morgan fingerprint density at radius 2 is 2.14 bits per heavy atom. The van der Waals surface area contributed by atoms with E-state index in [9.17, 15) is 8.42 Å². The molecule has 2 aromatic rings. The van der Waals surface area contributed by atoms with Crippen LogP contribution < -0.4 is 4.74 Å². The Morgan fingerprint density at radius 3 is 2.82 bits per heavy atom. The first kappa shape index (κ1) is 20.2. The Hall–Kier alpha value is -2.50. The molecule has 0 bridgehead atoms. The molecule has 0 radical (unpaired) electrons. The predicted octanol–water partition coefficient (Wildman–Crippen LogP) is 2.08. The van der Waals surface area contributed by atoms with Gasteiger partial charge in [0.2, 0.25) is 5.88 Å². The van der Waals surface area contributed by atoms with E-state index in [2.05, 4.69) is 33.9 Å². The van der Waals surface area contributed by atoms with Crippen molar-refractivity contribution < 1.29 is 13.2 Å². The fraction of sp³-hybridized carbons (Fsp3) is 0.450. The van der Waals surface area contributed by atoms with Gasteiger partial charge in [0.05, 0.1) is 30.6 Å². The third-order valence-corrected chi connectivity index (χ3v) is 5.96. The number of aromatic nitrogens is 2. The van der Waals surface area contributed by atoms with Gasteiger partial charge < -0.3 is 4.74 Å². The summed E-state index contributed by atoms with van der Waals surface area (Å²) in [6.07, 6.45) is 5.62. The molecule has 2 atom stereocenters. The third kappa shape index (κ3) is 5.27. The lowest BCUT2D eigenvalue weighted by Crippen LogP contribution is -2.29. The maximum absolute atomic E-state index is 11.4. The van der Waals surface area contributed by atoms with E-state index in [1.807, 2.05) is 18.2 Å². The summed E-state index contributed by atoms with van der Waals surface area (Å²) in [5.74, 6) is 0.726. The minimum atomic E-state index is -3.35. The summed E-state index contributed by atoms with van der Waals surface area (Å²) >= 11 is 0. The number of hydrogen-bond donors (Lipinski definition) is 0. The second kappa shape index (κ2) is 8.67. The van der Waals surface area contributed by atoms with Crippen molar-refractivity contribution in [2.75, 3.05) is 26.0 Å². The Bertz CT molecular complexity index is 954. The highest BCUT2D eigenvalue weighted by molar-refractivity contribution is 7.90. The van der Waals surface area contributed by atoms with Gasteiger partial charge in [0.25, 0.3) is 0 Å². The van der Waals surface area contributed by atoms with Gasteiger partial charge in [0.1, 0.15) is 0 Å². The van der Waals surface area contributed by atoms with Gasteiger partial charge in [-0.2, -0.15) is 5.26 Å². The summed E-state index contributed by atoms with van der Waals surface area (Å²) in [5.41, 5.74) is 1.87. The zero-order valence-corrected chi connectivity index (χ0v) is 16.9. The van der Waals surface area contributed by atoms with Gasteiger partial charge in [0.15, 0.2) is 14.9 Å². The van der Waals surface area contributed by atoms with Gasteiger partial charge >= 0.3 is 0 Å². The van der Waals surface area contributed by atoms with E-state index in [0.29, 0.717) is 30.0 Å². The van der Waals surface area contributed by atoms with Crippen LogP contribution in [-0.4, -0.2) is 55.3 Å². The second-order valence-electron chi connectivity index (χ2n) is 7.28. The summed E-state index contributed by atoms with van der Waals surface area (Å²) < 4.78 is 28.6. The molecule has 0 spiro atoms. The zero-order valence-electron chi connectivity index (χ0n) is 16.1. The first-order valence-corrected chi connectivity index (χ1v) is 11.1. The van der Waals surface area contributed by atoms with Crippen molar-refractivity contribution in [1.29, 1.82) is 5.26 Å². The molecule has 1 aliphatic heterocycles.